The molecule has 0 fully saturated rings. The van der Waals surface area contributed by atoms with Crippen molar-refractivity contribution in [3.8, 4) is 0 Å². The van der Waals surface area contributed by atoms with E-state index in [0.717, 1.165) is 25.7 Å². The summed E-state index contributed by atoms with van der Waals surface area (Å²) in [5.41, 5.74) is 10.8. The summed E-state index contributed by atoms with van der Waals surface area (Å²) in [6, 6.07) is 0. The first-order valence-electron chi connectivity index (χ1n) is 24.0. The van der Waals surface area contributed by atoms with Gasteiger partial charge in [-0.25, -0.2) is 0 Å². The van der Waals surface area contributed by atoms with Crippen LogP contribution in [-0.4, -0.2) is 12.1 Å². The van der Waals surface area contributed by atoms with E-state index in [-0.39, 0.29) is 22.9 Å². The second-order valence-corrected chi connectivity index (χ2v) is 19.3. The van der Waals surface area contributed by atoms with Gasteiger partial charge in [0, 0.05) is 12.8 Å². The van der Waals surface area contributed by atoms with Crippen molar-refractivity contribution in [2.24, 2.45) is 10.8 Å². The second-order valence-electron chi connectivity index (χ2n) is 19.3. The summed E-state index contributed by atoms with van der Waals surface area (Å²) < 4.78 is 6.02. The van der Waals surface area contributed by atoms with Gasteiger partial charge >= 0.3 is 5.97 Å². The van der Waals surface area contributed by atoms with Crippen LogP contribution in [0.1, 0.15) is 198 Å². The number of rotatable bonds is 26. The van der Waals surface area contributed by atoms with Gasteiger partial charge in [-0.3, -0.25) is 4.79 Å². The lowest BCUT2D eigenvalue weighted by molar-refractivity contribution is -0.150. The van der Waals surface area contributed by atoms with Crippen molar-refractivity contribution in [3.63, 3.8) is 0 Å². The lowest BCUT2D eigenvalue weighted by Crippen LogP contribution is -2.31. The molecule has 0 bridgehead atoms. The molecule has 0 heterocycles. The zero-order valence-electron chi connectivity index (χ0n) is 40.6. The van der Waals surface area contributed by atoms with Gasteiger partial charge in [-0.1, -0.05) is 217 Å². The van der Waals surface area contributed by atoms with Gasteiger partial charge in [0.05, 0.1) is 0 Å². The van der Waals surface area contributed by atoms with E-state index in [0.29, 0.717) is 6.42 Å². The highest BCUT2D eigenvalue weighted by atomic mass is 16.5. The Hall–Kier alpha value is -3.65. The van der Waals surface area contributed by atoms with Crippen molar-refractivity contribution in [2.75, 3.05) is 0 Å². The van der Waals surface area contributed by atoms with Crippen LogP contribution in [0, 0.1) is 10.8 Å². The number of hydrogen-bond donors (Lipinski definition) is 0. The number of allylic oxidation sites excluding steroid dienone is 23. The maximum absolute atomic E-state index is 12.7. The van der Waals surface area contributed by atoms with E-state index in [2.05, 4.69) is 173 Å². The summed E-state index contributed by atoms with van der Waals surface area (Å²) in [5.74, 6) is -0.0289. The molecule has 0 aromatic heterocycles. The monoisotopic (exact) mass is 817 g/mol. The normalized spacial score (nSPS) is 19.9. The first-order chi connectivity index (χ1) is 28.6. The fourth-order valence-corrected chi connectivity index (χ4v) is 8.60. The van der Waals surface area contributed by atoms with Crippen molar-refractivity contribution >= 4 is 5.97 Å². The Kier molecular flexibility index (Phi) is 25.9. The topological polar surface area (TPSA) is 26.3 Å². The molecule has 2 aliphatic rings. The number of carbonyl (C=O) groups is 1. The number of esters is 1. The predicted molar refractivity (Wildman–Crippen MR) is 266 cm³/mol. The summed E-state index contributed by atoms with van der Waals surface area (Å²) in [7, 11) is 0. The minimum atomic E-state index is -0.0481. The van der Waals surface area contributed by atoms with Gasteiger partial charge in [-0.15, -0.1) is 0 Å². The lowest BCUT2D eigenvalue weighted by Gasteiger charge is -2.37. The van der Waals surface area contributed by atoms with Gasteiger partial charge in [0.2, 0.25) is 0 Å². The van der Waals surface area contributed by atoms with Crippen molar-refractivity contribution in [2.45, 2.75) is 204 Å². The third-order valence-electron chi connectivity index (χ3n) is 12.2. The summed E-state index contributed by atoms with van der Waals surface area (Å²) in [6.07, 6.45) is 57.6. The fraction of sp³-hybridized carbons (Fsp3) is 0.569. The minimum Gasteiger partial charge on any atom is -0.462 e. The molecule has 0 saturated heterocycles. The lowest BCUT2D eigenvalue weighted by atomic mass is 9.71. The zero-order valence-corrected chi connectivity index (χ0v) is 40.6. The Morgan fingerprint density at radius 3 is 1.58 bits per heavy atom. The summed E-state index contributed by atoms with van der Waals surface area (Å²) >= 11 is 0. The van der Waals surface area contributed by atoms with Gasteiger partial charge in [0.1, 0.15) is 6.10 Å². The van der Waals surface area contributed by atoms with Crippen LogP contribution < -0.4 is 0 Å². The Bertz CT molecular complexity index is 1680. The maximum Gasteiger partial charge on any atom is 0.306 e. The highest BCUT2D eigenvalue weighted by Gasteiger charge is 2.34. The molecule has 0 unspecified atom stereocenters. The molecule has 0 radical (unpaired) electrons. The van der Waals surface area contributed by atoms with E-state index >= 15 is 0 Å². The van der Waals surface area contributed by atoms with Gasteiger partial charge in [-0.05, 0) is 121 Å². The van der Waals surface area contributed by atoms with Crippen LogP contribution in [0.3, 0.4) is 0 Å². The standard InChI is InChI=1S/C58H88O2/c1-12-13-14-15-16-17-18-19-20-21-22-23-24-25-26-39-56(59)60-53-45-52(7)55(58(10,11)46-53)43-41-50(5)37-30-35-48(3)33-28-27-32-47(2)34-29-36-49(4)40-42-54-51(6)38-31-44-57(54,8)9/h19-20,27-30,32-37,40-43,53H,12-18,21-26,31,38-39,44-46H2,1-11H3/b20-19-,28-27+,34-29+,35-30+,42-40+,43-41+,47-32+,48-33+,49-36+,50-37+/t53-/m1/s1. The van der Waals surface area contributed by atoms with Gasteiger partial charge in [-0.2, -0.15) is 0 Å². The van der Waals surface area contributed by atoms with Gasteiger partial charge in [0.25, 0.3) is 0 Å². The van der Waals surface area contributed by atoms with Crippen molar-refractivity contribution in [1.29, 1.82) is 0 Å². The van der Waals surface area contributed by atoms with Crippen LogP contribution in [0.4, 0.5) is 0 Å². The molecule has 0 aliphatic heterocycles. The Morgan fingerprint density at radius 1 is 0.600 bits per heavy atom. The molecular weight excluding hydrogens is 729 g/mol. The molecule has 60 heavy (non-hydrogen) atoms. The molecule has 0 amide bonds. The van der Waals surface area contributed by atoms with Crippen LogP contribution in [0.15, 0.2) is 142 Å². The molecule has 2 nitrogen and oxygen atoms in total. The SMILES string of the molecule is CCCCCCCC/C=C\CCCCCCCC(=O)O[C@@H]1CC(C)=C(/C=C/C(C)=C/C=C/C(C)=C/C=C/C=C(C)/C=C/C=C(C)/C=C/C2=C(C)CCCC2(C)C)C(C)(C)C1. The van der Waals surface area contributed by atoms with Crippen molar-refractivity contribution in [1.82, 2.24) is 0 Å². The highest BCUT2D eigenvalue weighted by molar-refractivity contribution is 5.69. The Balaban J connectivity index is 1.73. The van der Waals surface area contributed by atoms with Crippen LogP contribution in [0.2, 0.25) is 0 Å². The summed E-state index contributed by atoms with van der Waals surface area (Å²) in [4.78, 5) is 12.7. The first kappa shape index (κ1) is 52.5. The van der Waals surface area contributed by atoms with Crippen LogP contribution in [-0.2, 0) is 9.53 Å². The van der Waals surface area contributed by atoms with E-state index in [1.807, 2.05) is 0 Å². The van der Waals surface area contributed by atoms with Gasteiger partial charge in [0.15, 0.2) is 0 Å². The van der Waals surface area contributed by atoms with Crippen molar-refractivity contribution < 1.29 is 9.53 Å². The highest BCUT2D eigenvalue weighted by Crippen LogP contribution is 2.43. The van der Waals surface area contributed by atoms with Gasteiger partial charge < -0.3 is 4.74 Å². The smallest absolute Gasteiger partial charge is 0.306 e. The predicted octanol–water partition coefficient (Wildman–Crippen LogP) is 18.2. The third-order valence-corrected chi connectivity index (χ3v) is 12.2. The molecule has 0 N–H and O–H groups in total. The minimum absolute atomic E-state index is 0.0289. The third kappa shape index (κ3) is 22.8. The fourth-order valence-electron chi connectivity index (χ4n) is 8.60. The van der Waals surface area contributed by atoms with Crippen molar-refractivity contribution in [3.05, 3.63) is 142 Å². The number of hydrogen-bond acceptors (Lipinski definition) is 2. The number of ether oxygens (including phenoxy) is 1. The van der Waals surface area contributed by atoms with E-state index in [1.165, 1.54) is 134 Å². The van der Waals surface area contributed by atoms with E-state index in [1.54, 1.807) is 0 Å². The van der Waals surface area contributed by atoms with E-state index < -0.39 is 0 Å². The molecular formula is C58H88O2. The average Bonchev–Trinajstić information content (AvgIpc) is 3.17. The molecule has 2 rings (SSSR count). The number of carbonyl (C=O) groups excluding carboxylic acids is 1. The maximum atomic E-state index is 12.7. The quantitative estimate of drug-likeness (QED) is 0.0376. The molecule has 0 aromatic carbocycles. The number of unbranched alkanes of at least 4 members (excludes halogenated alkanes) is 11. The molecule has 0 aromatic rings. The Labute approximate surface area is 371 Å². The first-order valence-corrected chi connectivity index (χ1v) is 24.0. The zero-order chi connectivity index (χ0) is 44.2. The molecule has 2 aliphatic carbocycles. The summed E-state index contributed by atoms with van der Waals surface area (Å²) in [6.45, 7) is 24.7. The average molecular weight is 817 g/mol. The van der Waals surface area contributed by atoms with Crippen LogP contribution >= 0.6 is 0 Å². The Morgan fingerprint density at radius 2 is 1.07 bits per heavy atom. The molecule has 0 spiro atoms. The molecule has 1 atom stereocenters. The van der Waals surface area contributed by atoms with E-state index in [4.69, 9.17) is 4.74 Å². The molecule has 0 saturated carbocycles. The largest absolute Gasteiger partial charge is 0.462 e. The molecule has 332 valence electrons. The van der Waals surface area contributed by atoms with Crippen LogP contribution in [0.25, 0.3) is 0 Å². The van der Waals surface area contributed by atoms with Crippen LogP contribution in [0.5, 0.6) is 0 Å². The second kappa shape index (κ2) is 29.6. The molecule has 2 heteroatoms. The summed E-state index contributed by atoms with van der Waals surface area (Å²) in [5, 5.41) is 0. The van der Waals surface area contributed by atoms with E-state index in [9.17, 15) is 4.79 Å².